The van der Waals surface area contributed by atoms with E-state index in [9.17, 15) is 0 Å². The van der Waals surface area contributed by atoms with Crippen molar-refractivity contribution in [3.05, 3.63) is 0 Å². The largest absolute Gasteiger partial charge is 0.353 e. The standard InChI is InChI=1S/C12H24N8/c1-19(2)12-16-10(15-11(17-12)18-13)14-6-9-20-7-4-3-5-8-20/h3-9,13H2,1-2H3,(H2,14,15,16,17,18). The molecule has 8 nitrogen and oxygen atoms in total. The van der Waals surface area contributed by atoms with Gasteiger partial charge >= 0.3 is 0 Å². The number of hydrogen-bond acceptors (Lipinski definition) is 8. The Kier molecular flexibility index (Phi) is 5.31. The van der Waals surface area contributed by atoms with E-state index in [0.29, 0.717) is 17.8 Å². The highest BCUT2D eigenvalue weighted by Crippen LogP contribution is 2.11. The van der Waals surface area contributed by atoms with Gasteiger partial charge in [0.25, 0.3) is 0 Å². The van der Waals surface area contributed by atoms with Gasteiger partial charge in [0.15, 0.2) is 0 Å². The fourth-order valence-electron chi connectivity index (χ4n) is 2.22. The molecule has 0 unspecified atom stereocenters. The van der Waals surface area contributed by atoms with Crippen LogP contribution < -0.4 is 21.5 Å². The average molecular weight is 280 g/mol. The molecule has 1 fully saturated rings. The smallest absolute Gasteiger partial charge is 0.243 e. The van der Waals surface area contributed by atoms with Crippen LogP contribution in [0.15, 0.2) is 0 Å². The minimum atomic E-state index is 0.365. The molecule has 0 aliphatic carbocycles. The number of nitrogens with one attached hydrogen (secondary N) is 2. The number of piperidine rings is 1. The maximum atomic E-state index is 5.38. The number of anilines is 3. The van der Waals surface area contributed by atoms with Gasteiger partial charge in [-0.05, 0) is 25.9 Å². The SMILES string of the molecule is CN(C)c1nc(NN)nc(NCCN2CCCCC2)n1. The van der Waals surface area contributed by atoms with Crippen molar-refractivity contribution in [1.82, 2.24) is 19.9 Å². The van der Waals surface area contributed by atoms with Crippen molar-refractivity contribution in [1.29, 1.82) is 0 Å². The van der Waals surface area contributed by atoms with Crippen LogP contribution in [0.3, 0.4) is 0 Å². The van der Waals surface area contributed by atoms with Crippen molar-refractivity contribution >= 4 is 17.8 Å². The molecule has 0 atom stereocenters. The summed E-state index contributed by atoms with van der Waals surface area (Å²) in [5, 5.41) is 3.24. The molecule has 1 aliphatic rings. The minimum Gasteiger partial charge on any atom is -0.353 e. The first kappa shape index (κ1) is 14.7. The maximum absolute atomic E-state index is 5.38. The number of nitrogen functional groups attached to an aromatic ring is 1. The van der Waals surface area contributed by atoms with Gasteiger partial charge in [-0.2, -0.15) is 15.0 Å². The highest BCUT2D eigenvalue weighted by molar-refractivity contribution is 5.42. The second-order valence-corrected chi connectivity index (χ2v) is 5.15. The Morgan fingerprint density at radius 3 is 2.45 bits per heavy atom. The van der Waals surface area contributed by atoms with E-state index in [1.165, 1.54) is 32.4 Å². The molecular weight excluding hydrogens is 256 g/mol. The zero-order chi connectivity index (χ0) is 14.4. The number of aromatic nitrogens is 3. The van der Waals surface area contributed by atoms with E-state index in [2.05, 4.69) is 30.6 Å². The summed E-state index contributed by atoms with van der Waals surface area (Å²) in [7, 11) is 3.76. The van der Waals surface area contributed by atoms with E-state index in [1.807, 2.05) is 19.0 Å². The van der Waals surface area contributed by atoms with Crippen molar-refractivity contribution in [2.75, 3.05) is 55.9 Å². The number of likely N-dealkylation sites (tertiary alicyclic amines) is 1. The van der Waals surface area contributed by atoms with Crippen LogP contribution in [0.1, 0.15) is 19.3 Å². The monoisotopic (exact) mass is 280 g/mol. The van der Waals surface area contributed by atoms with E-state index in [-0.39, 0.29) is 0 Å². The quantitative estimate of drug-likeness (QED) is 0.499. The number of nitrogens with zero attached hydrogens (tertiary/aromatic N) is 5. The van der Waals surface area contributed by atoms with Crippen LogP contribution in [0, 0.1) is 0 Å². The lowest BCUT2D eigenvalue weighted by atomic mass is 10.1. The third-order valence-electron chi connectivity index (χ3n) is 3.31. The third-order valence-corrected chi connectivity index (χ3v) is 3.31. The van der Waals surface area contributed by atoms with Gasteiger partial charge in [-0.15, -0.1) is 0 Å². The van der Waals surface area contributed by atoms with E-state index < -0.39 is 0 Å². The van der Waals surface area contributed by atoms with Crippen LogP contribution in [0.5, 0.6) is 0 Å². The van der Waals surface area contributed by atoms with Gasteiger partial charge in [0, 0.05) is 27.2 Å². The Morgan fingerprint density at radius 1 is 1.10 bits per heavy atom. The first-order valence-corrected chi connectivity index (χ1v) is 7.05. The first-order valence-electron chi connectivity index (χ1n) is 7.05. The van der Waals surface area contributed by atoms with Gasteiger partial charge in [0.2, 0.25) is 17.8 Å². The van der Waals surface area contributed by atoms with Crippen molar-refractivity contribution < 1.29 is 0 Å². The van der Waals surface area contributed by atoms with Crippen molar-refractivity contribution in [2.45, 2.75) is 19.3 Å². The lowest BCUT2D eigenvalue weighted by Crippen LogP contribution is -2.34. The van der Waals surface area contributed by atoms with Crippen LogP contribution >= 0.6 is 0 Å². The molecule has 1 aromatic heterocycles. The fourth-order valence-corrected chi connectivity index (χ4v) is 2.22. The summed E-state index contributed by atoms with van der Waals surface area (Å²) in [6.07, 6.45) is 3.96. The number of rotatable bonds is 6. The Balaban J connectivity index is 1.89. The molecule has 1 aliphatic heterocycles. The number of hydrogen-bond donors (Lipinski definition) is 3. The van der Waals surface area contributed by atoms with Crippen molar-refractivity contribution in [3.8, 4) is 0 Å². The molecule has 2 rings (SSSR count). The molecule has 20 heavy (non-hydrogen) atoms. The summed E-state index contributed by atoms with van der Waals surface area (Å²) in [5.74, 6) is 6.87. The van der Waals surface area contributed by atoms with E-state index in [0.717, 1.165) is 13.1 Å². The lowest BCUT2D eigenvalue weighted by Gasteiger charge is -2.26. The van der Waals surface area contributed by atoms with Crippen LogP contribution in [0.4, 0.5) is 17.8 Å². The second kappa shape index (κ2) is 7.20. The predicted molar refractivity (Wildman–Crippen MR) is 80.7 cm³/mol. The molecule has 1 saturated heterocycles. The normalized spacial score (nSPS) is 15.9. The Morgan fingerprint density at radius 2 is 1.80 bits per heavy atom. The van der Waals surface area contributed by atoms with E-state index in [1.54, 1.807) is 0 Å². The van der Waals surface area contributed by atoms with Crippen LogP contribution in [-0.2, 0) is 0 Å². The summed E-state index contributed by atoms with van der Waals surface area (Å²) in [6, 6.07) is 0. The van der Waals surface area contributed by atoms with Gasteiger partial charge < -0.3 is 15.1 Å². The molecule has 0 radical (unpaired) electrons. The van der Waals surface area contributed by atoms with Gasteiger partial charge in [-0.1, -0.05) is 6.42 Å². The van der Waals surface area contributed by atoms with Crippen LogP contribution in [-0.4, -0.2) is 60.1 Å². The molecule has 112 valence electrons. The Labute approximate surface area is 119 Å². The van der Waals surface area contributed by atoms with E-state index in [4.69, 9.17) is 5.84 Å². The molecule has 1 aromatic rings. The highest BCUT2D eigenvalue weighted by atomic mass is 15.4. The molecule has 0 aromatic carbocycles. The molecule has 0 saturated carbocycles. The van der Waals surface area contributed by atoms with Crippen molar-refractivity contribution in [3.63, 3.8) is 0 Å². The van der Waals surface area contributed by atoms with Crippen LogP contribution in [0.2, 0.25) is 0 Å². The zero-order valence-electron chi connectivity index (χ0n) is 12.3. The molecule has 8 heteroatoms. The average Bonchev–Trinajstić information content (AvgIpc) is 2.48. The molecule has 2 heterocycles. The maximum Gasteiger partial charge on any atom is 0.243 e. The van der Waals surface area contributed by atoms with Crippen molar-refractivity contribution in [2.24, 2.45) is 5.84 Å². The predicted octanol–water partition coefficient (Wildman–Crippen LogP) is 0.121. The highest BCUT2D eigenvalue weighted by Gasteiger charge is 2.10. The van der Waals surface area contributed by atoms with Gasteiger partial charge in [0.05, 0.1) is 0 Å². The molecule has 0 amide bonds. The first-order chi connectivity index (χ1) is 9.69. The lowest BCUT2D eigenvalue weighted by molar-refractivity contribution is 0.237. The number of hydrazine groups is 1. The third kappa shape index (κ3) is 4.17. The number of nitrogens with two attached hydrogens (primary N) is 1. The van der Waals surface area contributed by atoms with E-state index >= 15 is 0 Å². The summed E-state index contributed by atoms with van der Waals surface area (Å²) in [6.45, 7) is 4.21. The Hall–Kier alpha value is -1.67. The Bertz CT molecular complexity index is 416. The topological polar surface area (TPSA) is 95.2 Å². The minimum absolute atomic E-state index is 0.365. The van der Waals surface area contributed by atoms with Gasteiger partial charge in [0.1, 0.15) is 0 Å². The second-order valence-electron chi connectivity index (χ2n) is 5.15. The zero-order valence-corrected chi connectivity index (χ0v) is 12.3. The van der Waals surface area contributed by atoms with Crippen LogP contribution in [0.25, 0.3) is 0 Å². The molecule has 0 spiro atoms. The summed E-state index contributed by atoms with van der Waals surface area (Å²) in [5.41, 5.74) is 2.46. The summed E-state index contributed by atoms with van der Waals surface area (Å²) < 4.78 is 0. The van der Waals surface area contributed by atoms with Gasteiger partial charge in [-0.3, -0.25) is 5.43 Å². The summed E-state index contributed by atoms with van der Waals surface area (Å²) in [4.78, 5) is 17.0. The summed E-state index contributed by atoms with van der Waals surface area (Å²) >= 11 is 0. The van der Waals surface area contributed by atoms with Gasteiger partial charge in [-0.25, -0.2) is 5.84 Å². The molecule has 4 N–H and O–H groups in total. The molecular formula is C12H24N8. The molecule has 0 bridgehead atoms. The fraction of sp³-hybridized carbons (Fsp3) is 0.750.